The Labute approximate surface area is 296 Å². The molecular formula is C35H34Cl4FeP2Pd. The first kappa shape index (κ1) is 38.2. The second-order valence-corrected chi connectivity index (χ2v) is 17.3. The van der Waals surface area contributed by atoms with E-state index in [-0.39, 0.29) is 38.3 Å². The van der Waals surface area contributed by atoms with E-state index in [4.69, 9.17) is 42.3 Å². The van der Waals surface area contributed by atoms with Crippen LogP contribution in [0.5, 0.6) is 0 Å². The van der Waals surface area contributed by atoms with Crippen molar-refractivity contribution in [3.05, 3.63) is 158 Å². The Morgan fingerprint density at radius 3 is 0.930 bits per heavy atom. The first-order chi connectivity index (χ1) is 20.7. The van der Waals surface area contributed by atoms with Crippen LogP contribution in [0.15, 0.2) is 146 Å². The molecule has 0 fully saturated rings. The molecule has 0 saturated heterocycles. The molecule has 4 aromatic rings. The van der Waals surface area contributed by atoms with Crippen molar-refractivity contribution in [1.29, 1.82) is 0 Å². The Balaban J connectivity index is 0.000000249. The van der Waals surface area contributed by atoms with Crippen molar-refractivity contribution in [3.8, 4) is 0 Å². The Bertz CT molecular complexity index is 1230. The van der Waals surface area contributed by atoms with Crippen LogP contribution in [0.4, 0.5) is 0 Å². The molecular weight excluding hydrogens is 786 g/mol. The van der Waals surface area contributed by atoms with Gasteiger partial charge >= 0.3 is 52.1 Å². The molecule has 8 heteroatoms. The molecule has 43 heavy (non-hydrogen) atoms. The van der Waals surface area contributed by atoms with E-state index in [2.05, 4.69) is 158 Å². The van der Waals surface area contributed by atoms with Crippen LogP contribution in [0.3, 0.4) is 0 Å². The molecule has 2 aliphatic rings. The van der Waals surface area contributed by atoms with Crippen LogP contribution in [0.2, 0.25) is 0 Å². The molecule has 2 aliphatic carbocycles. The van der Waals surface area contributed by atoms with Crippen molar-refractivity contribution in [2.24, 2.45) is 0 Å². The molecule has 0 heterocycles. The molecule has 0 nitrogen and oxygen atoms in total. The summed E-state index contributed by atoms with van der Waals surface area (Å²) in [5, 5.41) is 9.26. The first-order valence-corrected chi connectivity index (χ1v) is 21.4. The number of rotatable bonds is 4. The van der Waals surface area contributed by atoms with Gasteiger partial charge in [0.1, 0.15) is 0 Å². The van der Waals surface area contributed by atoms with Gasteiger partial charge in [0.2, 0.25) is 0 Å². The predicted molar refractivity (Wildman–Crippen MR) is 195 cm³/mol. The van der Waals surface area contributed by atoms with Gasteiger partial charge in [0.05, 0.1) is 5.34 Å². The van der Waals surface area contributed by atoms with E-state index in [1.807, 2.05) is 0 Å². The average molecular weight is 821 g/mol. The van der Waals surface area contributed by atoms with Crippen LogP contribution >= 0.6 is 57.4 Å². The summed E-state index contributed by atoms with van der Waals surface area (Å²) in [5.74, 6) is 0. The maximum atomic E-state index is 4.81. The molecule has 0 atom stereocenters. The van der Waals surface area contributed by atoms with Gasteiger partial charge in [-0.1, -0.05) is 149 Å². The van der Waals surface area contributed by atoms with Crippen molar-refractivity contribution < 1.29 is 33.0 Å². The summed E-state index contributed by atoms with van der Waals surface area (Å²) in [4.78, 5) is 0. The number of benzene rings is 4. The van der Waals surface area contributed by atoms with Crippen LogP contribution in [0.25, 0.3) is 0 Å². The molecule has 0 N–H and O–H groups in total. The van der Waals surface area contributed by atoms with E-state index in [1.165, 1.54) is 21.2 Å². The van der Waals surface area contributed by atoms with Crippen LogP contribution in [0.1, 0.15) is 12.8 Å². The van der Waals surface area contributed by atoms with Crippen LogP contribution in [-0.2, 0) is 33.0 Å². The van der Waals surface area contributed by atoms with Crippen LogP contribution < -0.4 is 21.2 Å². The monoisotopic (exact) mass is 818 g/mol. The zero-order valence-corrected chi connectivity index (χ0v) is 31.0. The van der Waals surface area contributed by atoms with Crippen molar-refractivity contribution in [1.82, 2.24) is 0 Å². The summed E-state index contributed by atoms with van der Waals surface area (Å²) in [6.45, 7) is 0. The zero-order chi connectivity index (χ0) is 29.8. The number of halogens is 4. The van der Waals surface area contributed by atoms with Gasteiger partial charge in [-0.3, -0.25) is 0 Å². The van der Waals surface area contributed by atoms with Crippen LogP contribution in [0, 0.1) is 12.8 Å². The van der Waals surface area contributed by atoms with Gasteiger partial charge in [-0.05, 0) is 21.2 Å². The smallest absolute Gasteiger partial charge is 2.00 e. The minimum Gasteiger partial charge on any atom is 2.00 e. The predicted octanol–water partition coefficient (Wildman–Crippen LogP) is 9.17. The van der Waals surface area contributed by atoms with E-state index in [9.17, 15) is 0 Å². The Morgan fingerprint density at radius 1 is 0.512 bits per heavy atom. The van der Waals surface area contributed by atoms with E-state index in [1.54, 1.807) is 10.6 Å². The van der Waals surface area contributed by atoms with Gasteiger partial charge in [-0.2, -0.15) is 0 Å². The zero-order valence-electron chi connectivity index (χ0n) is 23.3. The summed E-state index contributed by atoms with van der Waals surface area (Å²) < 4.78 is 0. The van der Waals surface area contributed by atoms with Crippen molar-refractivity contribution in [2.45, 2.75) is 12.8 Å². The van der Waals surface area contributed by atoms with Gasteiger partial charge in [0.25, 0.3) is 0 Å². The molecule has 0 spiro atoms. The molecule has 230 valence electrons. The third-order valence-electron chi connectivity index (χ3n) is 6.43. The third kappa shape index (κ3) is 13.1. The van der Waals surface area contributed by atoms with E-state index < -0.39 is 15.1 Å². The number of hydrogen-bond donors (Lipinski definition) is 0. The number of hydrogen-bond acceptors (Lipinski definition) is 0. The molecule has 0 unspecified atom stereocenters. The van der Waals surface area contributed by atoms with Gasteiger partial charge in [-0.25, -0.2) is 37.1 Å². The third-order valence-corrected chi connectivity index (χ3v) is 12.1. The maximum absolute atomic E-state index is 4.81. The fraction of sp³-hybridized carbons (Fsp3) is 0.0857. The topological polar surface area (TPSA) is 0 Å². The Morgan fingerprint density at radius 2 is 0.744 bits per heavy atom. The quantitative estimate of drug-likeness (QED) is 0.0835. The van der Waals surface area contributed by atoms with Gasteiger partial charge < -0.3 is 0 Å². The number of allylic oxidation sites excluding steroid dienone is 4. The Hall–Kier alpha value is -0.958. The number of alkyl halides is 2. The molecule has 4 aromatic carbocycles. The van der Waals surface area contributed by atoms with E-state index >= 15 is 0 Å². The van der Waals surface area contributed by atoms with Crippen molar-refractivity contribution >= 4 is 89.2 Å². The first-order valence-electron chi connectivity index (χ1n) is 13.4. The SMILES string of the molecule is C1=CCC(=[PH](c2ccccc2)c2ccccc2)[CH-]1.C1=CCC(=[PH](c2ccccc2)c2ccccc2)[CH-]1.ClCCl.[Cl][Pd][Cl].[Fe+2]. The molecule has 0 aliphatic heterocycles. The summed E-state index contributed by atoms with van der Waals surface area (Å²) in [5.41, 5.74) is 0. The summed E-state index contributed by atoms with van der Waals surface area (Å²) in [6.07, 6.45) is 15.7. The van der Waals surface area contributed by atoms with Crippen molar-refractivity contribution in [3.63, 3.8) is 0 Å². The maximum Gasteiger partial charge on any atom is 2.00 e. The van der Waals surface area contributed by atoms with E-state index in [0.29, 0.717) is 0 Å². The normalized spacial score (nSPS) is 12.6. The minimum atomic E-state index is -0.779. The Kier molecular flexibility index (Phi) is 20.8. The molecule has 0 bridgehead atoms. The molecule has 0 aromatic heterocycles. The molecule has 0 saturated carbocycles. The fourth-order valence-corrected chi connectivity index (χ4v) is 10.2. The summed E-state index contributed by atoms with van der Waals surface area (Å²) >= 11 is 9.42. The molecule has 6 rings (SSSR count). The van der Waals surface area contributed by atoms with Crippen LogP contribution in [-0.4, -0.2) is 15.9 Å². The molecule has 0 amide bonds. The van der Waals surface area contributed by atoms with E-state index in [0.717, 1.165) is 12.8 Å². The summed E-state index contributed by atoms with van der Waals surface area (Å²) in [7, 11) is 8.07. The minimum absolute atomic E-state index is 0. The van der Waals surface area contributed by atoms with Gasteiger partial charge in [-0.15, -0.1) is 33.8 Å². The second kappa shape index (κ2) is 23.4. The van der Waals surface area contributed by atoms with Gasteiger partial charge in [0.15, 0.2) is 0 Å². The average Bonchev–Trinajstić information content (AvgIpc) is 3.77. The summed E-state index contributed by atoms with van der Waals surface area (Å²) in [6, 6.07) is 43.6. The second-order valence-electron chi connectivity index (χ2n) is 9.01. The standard InChI is InChI=1S/2C17H16P.CH2Cl2.2ClH.Fe.Pd/c2*1-3-9-15(10-4-1)18(17-13-7-8-14-17)16-11-5-2-6-12-16;2-1-3;;;;/h2*1-13,18H,14H2;1H2;2*1H;;/q2*-1;;;;2*+2/p-2. The fourth-order valence-electron chi connectivity index (χ4n) is 4.76. The van der Waals surface area contributed by atoms with Crippen molar-refractivity contribution in [2.75, 3.05) is 5.34 Å². The van der Waals surface area contributed by atoms with Gasteiger partial charge in [0, 0.05) is 0 Å². The largest absolute Gasteiger partial charge is 2.00 e. The molecule has 0 radical (unpaired) electrons.